The normalized spacial score (nSPS) is 10.8. The van der Waals surface area contributed by atoms with E-state index in [1.165, 1.54) is 5.52 Å². The molecule has 1 aromatic heterocycles. The van der Waals surface area contributed by atoms with Crippen LogP contribution in [0.1, 0.15) is 17.7 Å². The molecule has 0 aliphatic rings. The minimum Gasteiger partial charge on any atom is -0.344 e. The Hall–Kier alpha value is -2.43. The maximum Gasteiger partial charge on any atom is 0.0483 e. The second-order valence-electron chi connectivity index (χ2n) is 5.11. The molecule has 0 radical (unpaired) electrons. The predicted octanol–water partition coefficient (Wildman–Crippen LogP) is 5.29. The second-order valence-corrected chi connectivity index (χ2v) is 5.54. The standard InChI is InChI=1S/C20H16ClN/c1-22-19(15-17-14-18(21)12-13-20(17)22)11-7-3-6-10-16-8-4-2-5-9-16/h2,4-5,7-9,11-15H,3H2,1H3/b11-7+. The van der Waals surface area contributed by atoms with E-state index >= 15 is 0 Å². The fraction of sp³-hybridized carbons (Fsp3) is 0.100. The number of aryl methyl sites for hydroxylation is 1. The fourth-order valence-corrected chi connectivity index (χ4v) is 2.60. The molecule has 2 aromatic carbocycles. The molecule has 0 fully saturated rings. The van der Waals surface area contributed by atoms with Crippen molar-refractivity contribution in [3.8, 4) is 11.8 Å². The molecule has 0 saturated carbocycles. The van der Waals surface area contributed by atoms with E-state index in [-0.39, 0.29) is 0 Å². The average Bonchev–Trinajstić information content (AvgIpc) is 2.83. The van der Waals surface area contributed by atoms with Gasteiger partial charge < -0.3 is 4.57 Å². The summed E-state index contributed by atoms with van der Waals surface area (Å²) in [6.07, 6.45) is 4.93. The minimum absolute atomic E-state index is 0.733. The number of nitrogens with zero attached hydrogens (tertiary/aromatic N) is 1. The highest BCUT2D eigenvalue weighted by Crippen LogP contribution is 2.23. The average molecular weight is 306 g/mol. The Bertz CT molecular complexity index is 876. The van der Waals surface area contributed by atoms with Gasteiger partial charge in [0.1, 0.15) is 0 Å². The highest BCUT2D eigenvalue weighted by molar-refractivity contribution is 6.31. The maximum absolute atomic E-state index is 6.04. The highest BCUT2D eigenvalue weighted by Gasteiger charge is 2.03. The van der Waals surface area contributed by atoms with Crippen molar-refractivity contribution >= 4 is 28.6 Å². The van der Waals surface area contributed by atoms with Gasteiger partial charge in [-0.3, -0.25) is 0 Å². The molecule has 1 nitrogen and oxygen atoms in total. The summed E-state index contributed by atoms with van der Waals surface area (Å²) >= 11 is 6.04. The molecule has 0 saturated heterocycles. The monoisotopic (exact) mass is 305 g/mol. The number of halogens is 1. The molecule has 0 aliphatic carbocycles. The van der Waals surface area contributed by atoms with Crippen molar-refractivity contribution in [2.24, 2.45) is 7.05 Å². The Labute approximate surface area is 135 Å². The Morgan fingerprint density at radius 2 is 1.91 bits per heavy atom. The van der Waals surface area contributed by atoms with Gasteiger partial charge in [-0.15, -0.1) is 0 Å². The van der Waals surface area contributed by atoms with E-state index in [1.807, 2.05) is 48.5 Å². The van der Waals surface area contributed by atoms with E-state index < -0.39 is 0 Å². The van der Waals surface area contributed by atoms with Crippen LogP contribution in [0.5, 0.6) is 0 Å². The quantitative estimate of drug-likeness (QED) is 0.567. The first-order valence-electron chi connectivity index (χ1n) is 7.19. The Kier molecular flexibility index (Phi) is 4.32. The van der Waals surface area contributed by atoms with Crippen LogP contribution in [0.4, 0.5) is 0 Å². The van der Waals surface area contributed by atoms with E-state index in [1.54, 1.807) is 0 Å². The zero-order valence-corrected chi connectivity index (χ0v) is 13.1. The third-order valence-corrected chi connectivity index (χ3v) is 3.79. The molecule has 3 rings (SSSR count). The fourth-order valence-electron chi connectivity index (χ4n) is 2.41. The van der Waals surface area contributed by atoms with Crippen LogP contribution >= 0.6 is 11.6 Å². The summed E-state index contributed by atoms with van der Waals surface area (Å²) in [5.74, 6) is 6.32. The summed E-state index contributed by atoms with van der Waals surface area (Å²) < 4.78 is 2.16. The molecule has 3 aromatic rings. The molecule has 108 valence electrons. The summed E-state index contributed by atoms with van der Waals surface area (Å²) in [5, 5.41) is 1.92. The third-order valence-electron chi connectivity index (χ3n) is 3.56. The topological polar surface area (TPSA) is 4.93 Å². The van der Waals surface area contributed by atoms with E-state index in [4.69, 9.17) is 11.6 Å². The lowest BCUT2D eigenvalue weighted by Crippen LogP contribution is -1.89. The van der Waals surface area contributed by atoms with Gasteiger partial charge in [0.05, 0.1) is 0 Å². The SMILES string of the molecule is Cn1c(/C=C/CC#Cc2ccccc2)cc2cc(Cl)ccc21. The lowest BCUT2D eigenvalue weighted by molar-refractivity contribution is 0.954. The molecule has 22 heavy (non-hydrogen) atoms. The van der Waals surface area contributed by atoms with Gasteiger partial charge in [-0.1, -0.05) is 47.7 Å². The first-order chi connectivity index (χ1) is 10.7. The smallest absolute Gasteiger partial charge is 0.0483 e. The van der Waals surface area contributed by atoms with Gasteiger partial charge in [0.2, 0.25) is 0 Å². The maximum atomic E-state index is 6.04. The molecule has 0 amide bonds. The molecule has 0 bridgehead atoms. The molecular formula is C20H16ClN. The zero-order chi connectivity index (χ0) is 15.4. The van der Waals surface area contributed by atoms with Crippen LogP contribution in [0.3, 0.4) is 0 Å². The Morgan fingerprint density at radius 3 is 2.73 bits per heavy atom. The number of rotatable bonds is 2. The van der Waals surface area contributed by atoms with Crippen LogP contribution in [0.15, 0.2) is 60.7 Å². The van der Waals surface area contributed by atoms with Crippen molar-refractivity contribution in [2.75, 3.05) is 0 Å². The Morgan fingerprint density at radius 1 is 1.09 bits per heavy atom. The summed E-state index contributed by atoms with van der Waals surface area (Å²) in [7, 11) is 2.06. The molecular weight excluding hydrogens is 290 g/mol. The van der Waals surface area contributed by atoms with Crippen molar-refractivity contribution in [3.63, 3.8) is 0 Å². The number of benzene rings is 2. The predicted molar refractivity (Wildman–Crippen MR) is 94.9 cm³/mol. The van der Waals surface area contributed by atoms with E-state index in [0.717, 1.165) is 28.1 Å². The van der Waals surface area contributed by atoms with Crippen molar-refractivity contribution in [2.45, 2.75) is 6.42 Å². The third kappa shape index (κ3) is 3.24. The molecule has 0 atom stereocenters. The Balaban J connectivity index is 1.73. The first kappa shape index (κ1) is 14.5. The van der Waals surface area contributed by atoms with Gasteiger partial charge in [-0.2, -0.15) is 0 Å². The lowest BCUT2D eigenvalue weighted by atomic mass is 10.2. The molecule has 2 heteroatoms. The summed E-state index contributed by atoms with van der Waals surface area (Å²) in [6.45, 7) is 0. The first-order valence-corrected chi connectivity index (χ1v) is 7.57. The van der Waals surface area contributed by atoms with Crippen molar-refractivity contribution in [3.05, 3.63) is 77.0 Å². The molecule has 0 spiro atoms. The second kappa shape index (κ2) is 6.56. The van der Waals surface area contributed by atoms with Crippen LogP contribution in [0, 0.1) is 11.8 Å². The lowest BCUT2D eigenvalue weighted by Gasteiger charge is -1.98. The van der Waals surface area contributed by atoms with Gasteiger partial charge >= 0.3 is 0 Å². The number of aromatic nitrogens is 1. The van der Waals surface area contributed by atoms with Gasteiger partial charge in [-0.25, -0.2) is 0 Å². The molecule has 1 heterocycles. The minimum atomic E-state index is 0.733. The van der Waals surface area contributed by atoms with Crippen LogP contribution in [0.2, 0.25) is 5.02 Å². The van der Waals surface area contributed by atoms with Gasteiger partial charge in [0.25, 0.3) is 0 Å². The number of hydrogen-bond acceptors (Lipinski definition) is 0. The van der Waals surface area contributed by atoms with Gasteiger partial charge in [-0.05, 0) is 42.5 Å². The highest BCUT2D eigenvalue weighted by atomic mass is 35.5. The summed E-state index contributed by atoms with van der Waals surface area (Å²) in [4.78, 5) is 0. The van der Waals surface area contributed by atoms with Crippen molar-refractivity contribution in [1.29, 1.82) is 0 Å². The van der Waals surface area contributed by atoms with Crippen molar-refractivity contribution in [1.82, 2.24) is 4.57 Å². The van der Waals surface area contributed by atoms with Crippen LogP contribution < -0.4 is 0 Å². The van der Waals surface area contributed by atoms with Gasteiger partial charge in [0.15, 0.2) is 0 Å². The molecule has 0 N–H and O–H groups in total. The number of fused-ring (bicyclic) bond motifs is 1. The summed E-state index contributed by atoms with van der Waals surface area (Å²) in [5.41, 5.74) is 3.38. The van der Waals surface area contributed by atoms with E-state index in [2.05, 4.69) is 41.7 Å². The molecule has 0 unspecified atom stereocenters. The van der Waals surface area contributed by atoms with E-state index in [9.17, 15) is 0 Å². The largest absolute Gasteiger partial charge is 0.344 e. The van der Waals surface area contributed by atoms with Crippen LogP contribution in [0.25, 0.3) is 17.0 Å². The van der Waals surface area contributed by atoms with Gasteiger partial charge in [0, 0.05) is 40.7 Å². The number of allylic oxidation sites excluding steroid dienone is 1. The molecule has 0 aliphatic heterocycles. The number of hydrogen-bond donors (Lipinski definition) is 0. The van der Waals surface area contributed by atoms with Crippen molar-refractivity contribution < 1.29 is 0 Å². The van der Waals surface area contributed by atoms with Crippen LogP contribution in [-0.4, -0.2) is 4.57 Å². The van der Waals surface area contributed by atoms with Crippen LogP contribution in [-0.2, 0) is 7.05 Å². The van der Waals surface area contributed by atoms with E-state index in [0.29, 0.717) is 0 Å². The zero-order valence-electron chi connectivity index (χ0n) is 12.4. The summed E-state index contributed by atoms with van der Waals surface area (Å²) in [6, 6.07) is 18.1.